The van der Waals surface area contributed by atoms with Crippen LogP contribution in [0, 0.1) is 40.9 Å². The van der Waals surface area contributed by atoms with Crippen LogP contribution in [0.3, 0.4) is 0 Å². The molecule has 0 unspecified atom stereocenters. The lowest BCUT2D eigenvalue weighted by Crippen LogP contribution is -3.02. The summed E-state index contributed by atoms with van der Waals surface area (Å²) in [6.45, 7) is 18.7. The van der Waals surface area contributed by atoms with Crippen molar-refractivity contribution in [2.75, 3.05) is 128 Å². The Hall–Kier alpha value is -1.64. The first-order chi connectivity index (χ1) is 29.8. The van der Waals surface area contributed by atoms with Gasteiger partial charge in [-0.3, -0.25) is 0 Å². The summed E-state index contributed by atoms with van der Waals surface area (Å²) >= 11 is 10.0. The van der Waals surface area contributed by atoms with Crippen LogP contribution >= 0.6 is 47.8 Å². The van der Waals surface area contributed by atoms with Crippen molar-refractivity contribution in [3.8, 4) is 0 Å². The Kier molecular flexibility index (Phi) is 18.3. The van der Waals surface area contributed by atoms with E-state index in [2.05, 4.69) is 58.4 Å². The van der Waals surface area contributed by atoms with E-state index < -0.39 is 32.0 Å². The molecule has 0 saturated carbocycles. The summed E-state index contributed by atoms with van der Waals surface area (Å²) in [6.07, 6.45) is 0. The van der Waals surface area contributed by atoms with Gasteiger partial charge in [0.1, 0.15) is 10.8 Å². The standard InChI is InChI=1S/2C12H15NO3S.C5H9Br3O.2C5H9NO.C2H2O4/c2*1-10-2-4-11(5-3-10)17(14,15)13-6-12(7-13)8-16-9-12;6-1-5(2-7,3-8)4-9;2*1-5(2-6-1)3-7-4-5;3-1(4)2(5)6/h2*2-5H,6-9H2,1H3;9H,1-4H2;2*6H,1-4H2;(H,3,4)(H,5,6). The Bertz CT molecular complexity index is 1850. The minimum Gasteiger partial charge on any atom is -0.543 e. The summed E-state index contributed by atoms with van der Waals surface area (Å²) in [7, 11) is -6.58. The molecule has 63 heavy (non-hydrogen) atoms. The van der Waals surface area contributed by atoms with Crippen LogP contribution in [0.15, 0.2) is 58.3 Å². The average Bonchev–Trinajstić information content (AvgIpc) is 3.10. The second-order valence-electron chi connectivity index (χ2n) is 18.2. The fraction of sp³-hybridized carbons (Fsp3) is 0.659. The minimum atomic E-state index is -3.29. The molecule has 2 aromatic rings. The lowest BCUT2D eigenvalue weighted by molar-refractivity contribution is -0.752. The fourth-order valence-electron chi connectivity index (χ4n) is 7.20. The first kappa shape index (κ1) is 52.3. The maximum absolute atomic E-state index is 12.2. The zero-order valence-corrected chi connectivity index (χ0v) is 42.0. The van der Waals surface area contributed by atoms with Gasteiger partial charge in [0.15, 0.2) is 0 Å². The van der Waals surface area contributed by atoms with Crippen LogP contribution in [0.2, 0.25) is 0 Å². The molecule has 8 aliphatic rings. The van der Waals surface area contributed by atoms with Crippen LogP contribution in [0.4, 0.5) is 0 Å². The van der Waals surface area contributed by atoms with Gasteiger partial charge in [-0.15, -0.1) is 0 Å². The summed E-state index contributed by atoms with van der Waals surface area (Å²) in [5.74, 6) is -4.37. The third-order valence-corrected chi connectivity index (χ3v) is 19.5. The van der Waals surface area contributed by atoms with E-state index in [1.54, 1.807) is 32.9 Å². The number of alkyl halides is 3. The molecule has 8 saturated heterocycles. The smallest absolute Gasteiger partial charge is 0.243 e. The van der Waals surface area contributed by atoms with Gasteiger partial charge in [-0.05, 0) is 38.1 Å². The van der Waals surface area contributed by atoms with Crippen molar-refractivity contribution in [2.24, 2.45) is 27.1 Å². The van der Waals surface area contributed by atoms with E-state index >= 15 is 0 Å². The number of carbonyl (C=O) groups is 2. The highest BCUT2D eigenvalue weighted by Crippen LogP contribution is 2.41. The fourth-order valence-corrected chi connectivity index (χ4v) is 13.9. The molecule has 8 fully saturated rings. The molecule has 0 aromatic heterocycles. The SMILES string of the molecule is C1[NH2+]CC12COC2.C1[NH2+]CC12COC2.Cc1ccc(S(=O)(=O)N2CC3(COC3)C2)cc1.Cc1ccc(S(=O)(=O)N2CC3(COC3)C2)cc1.O=C([O-])C(=O)[O-].OCC(CBr)(CBr)CBr. The number of carboxylic acids is 2. The van der Waals surface area contributed by atoms with Crippen molar-refractivity contribution in [3.05, 3.63) is 59.7 Å². The third kappa shape index (κ3) is 12.9. The normalized spacial score (nSPS) is 22.5. The van der Waals surface area contributed by atoms with E-state index in [1.165, 1.54) is 26.2 Å². The summed E-state index contributed by atoms with van der Waals surface area (Å²) in [5, 5.41) is 33.8. The van der Waals surface area contributed by atoms with Gasteiger partial charge in [0, 0.05) is 58.4 Å². The number of nitrogens with two attached hydrogens (primary N) is 2. The molecule has 354 valence electrons. The minimum absolute atomic E-state index is 0.0278. The Labute approximate surface area is 395 Å². The number of aliphatic hydroxyl groups excluding tert-OH is 1. The molecule has 17 nitrogen and oxygen atoms in total. The van der Waals surface area contributed by atoms with Crippen LogP contribution in [0.25, 0.3) is 0 Å². The topological polar surface area (TPSA) is 245 Å². The number of hydrogen-bond acceptors (Lipinski definition) is 13. The van der Waals surface area contributed by atoms with E-state index in [-0.39, 0.29) is 22.9 Å². The zero-order chi connectivity index (χ0) is 46.2. The Morgan fingerprint density at radius 3 is 0.984 bits per heavy atom. The summed E-state index contributed by atoms with van der Waals surface area (Å²) < 4.78 is 72.4. The number of hydrogen-bond donors (Lipinski definition) is 3. The number of aryl methyl sites for hydroxylation is 2. The molecule has 10 rings (SSSR count). The lowest BCUT2D eigenvalue weighted by Gasteiger charge is -2.53. The van der Waals surface area contributed by atoms with E-state index in [4.69, 9.17) is 43.9 Å². The van der Waals surface area contributed by atoms with E-state index in [0.717, 1.165) is 53.5 Å². The van der Waals surface area contributed by atoms with Gasteiger partial charge in [-0.25, -0.2) is 16.8 Å². The van der Waals surface area contributed by atoms with Crippen molar-refractivity contribution in [1.29, 1.82) is 0 Å². The molecule has 2 aromatic carbocycles. The summed E-state index contributed by atoms with van der Waals surface area (Å²) in [6, 6.07) is 14.0. The highest BCUT2D eigenvalue weighted by atomic mass is 79.9. The zero-order valence-electron chi connectivity index (χ0n) is 35.6. The summed E-state index contributed by atoms with van der Waals surface area (Å²) in [5.41, 5.74) is 3.68. The Balaban J connectivity index is 0.000000150. The number of benzene rings is 2. The van der Waals surface area contributed by atoms with Gasteiger partial charge in [-0.1, -0.05) is 83.2 Å². The number of quaternary nitrogens is 2. The van der Waals surface area contributed by atoms with Crippen molar-refractivity contribution >= 4 is 79.8 Å². The predicted octanol–water partition coefficient (Wildman–Crippen LogP) is -2.17. The highest BCUT2D eigenvalue weighted by molar-refractivity contribution is 9.10. The molecule has 0 aliphatic carbocycles. The van der Waals surface area contributed by atoms with E-state index in [9.17, 15) is 16.8 Å². The van der Waals surface area contributed by atoms with Crippen LogP contribution in [-0.4, -0.2) is 170 Å². The van der Waals surface area contributed by atoms with Gasteiger partial charge in [0.25, 0.3) is 0 Å². The van der Waals surface area contributed by atoms with Crippen molar-refractivity contribution in [2.45, 2.75) is 23.6 Å². The lowest BCUT2D eigenvalue weighted by atomic mass is 9.80. The maximum Gasteiger partial charge on any atom is 0.243 e. The molecular formula is C41H59Br3N4O13S2. The largest absolute Gasteiger partial charge is 0.543 e. The number of sulfonamides is 2. The third-order valence-electron chi connectivity index (χ3n) is 12.3. The number of carbonyl (C=O) groups excluding carboxylic acids is 2. The van der Waals surface area contributed by atoms with Crippen LogP contribution in [-0.2, 0) is 48.6 Å². The number of halogens is 3. The first-order valence-electron chi connectivity index (χ1n) is 20.5. The van der Waals surface area contributed by atoms with Gasteiger partial charge >= 0.3 is 0 Å². The molecule has 22 heteroatoms. The van der Waals surface area contributed by atoms with Crippen LogP contribution < -0.4 is 20.8 Å². The second kappa shape index (κ2) is 22.0. The second-order valence-corrected chi connectivity index (χ2v) is 23.7. The van der Waals surface area contributed by atoms with Crippen LogP contribution in [0.1, 0.15) is 11.1 Å². The average molecular weight is 1120 g/mol. The molecule has 4 spiro atoms. The van der Waals surface area contributed by atoms with Crippen molar-refractivity contribution in [1.82, 2.24) is 8.61 Å². The molecule has 8 heterocycles. The van der Waals surface area contributed by atoms with Crippen molar-refractivity contribution in [3.63, 3.8) is 0 Å². The van der Waals surface area contributed by atoms with Gasteiger partial charge in [-0.2, -0.15) is 8.61 Å². The van der Waals surface area contributed by atoms with Crippen molar-refractivity contribution < 1.29 is 71.3 Å². The predicted molar refractivity (Wildman–Crippen MR) is 237 cm³/mol. The van der Waals surface area contributed by atoms with Crippen LogP contribution in [0.5, 0.6) is 0 Å². The maximum atomic E-state index is 12.2. The number of aliphatic carboxylic acids is 2. The van der Waals surface area contributed by atoms with Gasteiger partial charge in [0.2, 0.25) is 20.0 Å². The molecule has 0 bridgehead atoms. The summed E-state index contributed by atoms with van der Waals surface area (Å²) in [4.78, 5) is 18.6. The van der Waals surface area contributed by atoms with Gasteiger partial charge in [0.05, 0.1) is 107 Å². The number of aliphatic hydroxyl groups is 1. The molecule has 0 amide bonds. The Morgan fingerprint density at radius 2 is 0.857 bits per heavy atom. The van der Waals surface area contributed by atoms with E-state index in [1.807, 2.05) is 38.1 Å². The van der Waals surface area contributed by atoms with Gasteiger partial charge < -0.3 is 54.5 Å². The molecule has 0 atom stereocenters. The number of ether oxygens (including phenoxy) is 4. The monoisotopic (exact) mass is 1120 g/mol. The quantitative estimate of drug-likeness (QED) is 0.189. The van der Waals surface area contributed by atoms with E-state index in [0.29, 0.717) is 73.2 Å². The molecule has 0 radical (unpaired) electrons. The molecule has 8 aliphatic heterocycles. The molecular weight excluding hydrogens is 1060 g/mol. The molecule has 5 N–H and O–H groups in total. The first-order valence-corrected chi connectivity index (χ1v) is 26.8. The number of rotatable bonds is 8. The number of nitrogens with zero attached hydrogens (tertiary/aromatic N) is 2. The Morgan fingerprint density at radius 1 is 0.587 bits per heavy atom. The highest BCUT2D eigenvalue weighted by Gasteiger charge is 2.54. The number of carboxylic acid groups (broad SMARTS) is 2.